The summed E-state index contributed by atoms with van der Waals surface area (Å²) in [5.41, 5.74) is 0. The molecule has 18 heavy (non-hydrogen) atoms. The lowest BCUT2D eigenvalue weighted by molar-refractivity contribution is 0.236. The number of hydrogen-bond acceptors (Lipinski definition) is 4. The van der Waals surface area contributed by atoms with Crippen LogP contribution < -0.4 is 0 Å². The minimum Gasteiger partial charge on any atom is -0.211 e. The monoisotopic (exact) mass is 248 g/mol. The Morgan fingerprint density at radius 3 is 2.06 bits per heavy atom. The van der Waals surface area contributed by atoms with Gasteiger partial charge >= 0.3 is 0 Å². The Balaban J connectivity index is 1.69. The van der Waals surface area contributed by atoms with E-state index in [4.69, 9.17) is 0 Å². The van der Waals surface area contributed by atoms with Crippen molar-refractivity contribution in [2.24, 2.45) is 33.7 Å². The first-order valence-electron chi connectivity index (χ1n) is 6.92. The second-order valence-electron chi connectivity index (χ2n) is 5.62. The van der Waals surface area contributed by atoms with Crippen molar-refractivity contribution in [1.82, 2.24) is 0 Å². The Kier molecular flexibility index (Phi) is 4.86. The molecule has 0 heterocycles. The number of nitrogens with zero attached hydrogens (tertiary/aromatic N) is 2. The van der Waals surface area contributed by atoms with Crippen molar-refractivity contribution in [3.63, 3.8) is 0 Å². The predicted octanol–water partition coefficient (Wildman–Crippen LogP) is 2.49. The van der Waals surface area contributed by atoms with E-state index in [0.29, 0.717) is 13.1 Å². The largest absolute Gasteiger partial charge is 0.234 e. The van der Waals surface area contributed by atoms with E-state index in [9.17, 15) is 9.59 Å². The number of aliphatic imine (C=N–C) groups is 2. The van der Waals surface area contributed by atoms with Crippen LogP contribution in [0.2, 0.25) is 0 Å². The molecule has 0 N–H and O–H groups in total. The molecule has 0 aromatic carbocycles. The predicted molar refractivity (Wildman–Crippen MR) is 67.6 cm³/mol. The van der Waals surface area contributed by atoms with Gasteiger partial charge in [0, 0.05) is 0 Å². The molecule has 0 aromatic heterocycles. The molecule has 0 radical (unpaired) electrons. The van der Waals surface area contributed by atoms with Crippen LogP contribution in [0.5, 0.6) is 0 Å². The molecule has 2 aliphatic carbocycles. The average molecular weight is 248 g/mol. The lowest BCUT2D eigenvalue weighted by atomic mass is 9.79. The van der Waals surface area contributed by atoms with E-state index in [1.54, 1.807) is 12.2 Å². The fraction of sp³-hybridized carbons (Fsp3) is 0.857. The summed E-state index contributed by atoms with van der Waals surface area (Å²) in [5, 5.41) is 0. The van der Waals surface area contributed by atoms with E-state index in [2.05, 4.69) is 9.98 Å². The smallest absolute Gasteiger partial charge is 0.211 e. The van der Waals surface area contributed by atoms with Crippen LogP contribution >= 0.6 is 0 Å². The zero-order valence-corrected chi connectivity index (χ0v) is 10.7. The van der Waals surface area contributed by atoms with Gasteiger partial charge in [0.1, 0.15) is 0 Å². The third-order valence-electron chi connectivity index (χ3n) is 4.74. The highest BCUT2D eigenvalue weighted by Gasteiger charge is 2.44. The molecule has 4 atom stereocenters. The van der Waals surface area contributed by atoms with E-state index in [1.807, 2.05) is 0 Å². The van der Waals surface area contributed by atoms with Gasteiger partial charge in [0.15, 0.2) is 0 Å². The van der Waals surface area contributed by atoms with Gasteiger partial charge in [-0.3, -0.25) is 0 Å². The molecule has 2 fully saturated rings. The summed E-state index contributed by atoms with van der Waals surface area (Å²) in [6.07, 6.45) is 10.5. The van der Waals surface area contributed by atoms with Gasteiger partial charge in [-0.2, -0.15) is 0 Å². The van der Waals surface area contributed by atoms with Crippen LogP contribution in [0, 0.1) is 23.7 Å². The lowest BCUT2D eigenvalue weighted by Crippen LogP contribution is -2.18. The maximum absolute atomic E-state index is 10.0. The summed E-state index contributed by atoms with van der Waals surface area (Å²) in [6, 6.07) is 0. The lowest BCUT2D eigenvalue weighted by Gasteiger charge is -2.27. The maximum atomic E-state index is 10.0. The fourth-order valence-electron chi connectivity index (χ4n) is 3.98. The second-order valence-corrected chi connectivity index (χ2v) is 5.62. The van der Waals surface area contributed by atoms with Crippen molar-refractivity contribution in [3.8, 4) is 0 Å². The van der Waals surface area contributed by atoms with Crippen LogP contribution in [0.25, 0.3) is 0 Å². The highest BCUT2D eigenvalue weighted by Crippen LogP contribution is 2.54. The molecule has 4 nitrogen and oxygen atoms in total. The zero-order valence-electron chi connectivity index (χ0n) is 10.7. The molecule has 0 spiro atoms. The molecule has 0 saturated heterocycles. The number of fused-ring (bicyclic) bond motifs is 2. The van der Waals surface area contributed by atoms with Crippen molar-refractivity contribution < 1.29 is 9.59 Å². The van der Waals surface area contributed by atoms with Gasteiger partial charge in [-0.25, -0.2) is 19.6 Å². The van der Waals surface area contributed by atoms with Crippen LogP contribution in [0.4, 0.5) is 0 Å². The van der Waals surface area contributed by atoms with Gasteiger partial charge in [-0.15, -0.1) is 0 Å². The number of isocyanates is 2. The highest BCUT2D eigenvalue weighted by atomic mass is 16.1. The van der Waals surface area contributed by atoms with Gasteiger partial charge in [0.25, 0.3) is 0 Å². The Labute approximate surface area is 108 Å². The van der Waals surface area contributed by atoms with Crippen LogP contribution in [0.15, 0.2) is 9.98 Å². The highest BCUT2D eigenvalue weighted by molar-refractivity contribution is 5.32. The van der Waals surface area contributed by atoms with E-state index >= 15 is 0 Å². The minimum atomic E-state index is 0.634. The number of carbonyl (C=O) groups excluding carboxylic acids is 2. The first-order valence-corrected chi connectivity index (χ1v) is 6.92. The van der Waals surface area contributed by atoms with E-state index in [1.165, 1.54) is 25.7 Å². The summed E-state index contributed by atoms with van der Waals surface area (Å²) in [6.45, 7) is 1.28. The van der Waals surface area contributed by atoms with E-state index in [0.717, 1.165) is 36.5 Å². The number of hydrogen-bond donors (Lipinski definition) is 0. The van der Waals surface area contributed by atoms with E-state index in [-0.39, 0.29) is 0 Å². The Morgan fingerprint density at radius 2 is 1.44 bits per heavy atom. The average Bonchev–Trinajstić information content (AvgIpc) is 2.94. The molecule has 0 aliphatic heterocycles. The van der Waals surface area contributed by atoms with Crippen molar-refractivity contribution in [3.05, 3.63) is 0 Å². The number of rotatable bonds is 7. The van der Waals surface area contributed by atoms with Crippen LogP contribution in [-0.4, -0.2) is 25.2 Å². The van der Waals surface area contributed by atoms with Gasteiger partial charge in [0.05, 0.1) is 13.1 Å². The third-order valence-corrected chi connectivity index (χ3v) is 4.74. The summed E-state index contributed by atoms with van der Waals surface area (Å²) in [4.78, 5) is 27.3. The SMILES string of the molecule is O=C=NCCCC1CC2CC1CC2CCN=C=O. The van der Waals surface area contributed by atoms with Gasteiger partial charge in [0.2, 0.25) is 12.2 Å². The van der Waals surface area contributed by atoms with E-state index < -0.39 is 0 Å². The quantitative estimate of drug-likeness (QED) is 0.395. The molecule has 4 heteroatoms. The second kappa shape index (κ2) is 6.63. The van der Waals surface area contributed by atoms with Gasteiger partial charge in [-0.05, 0) is 62.2 Å². The van der Waals surface area contributed by atoms with Gasteiger partial charge < -0.3 is 0 Å². The van der Waals surface area contributed by atoms with Crippen molar-refractivity contribution >= 4 is 12.2 Å². The first-order chi connectivity index (χ1) is 8.85. The summed E-state index contributed by atoms with van der Waals surface area (Å²) in [5.74, 6) is 3.32. The molecular formula is C14H20N2O2. The molecule has 2 aliphatic rings. The molecule has 0 amide bonds. The Morgan fingerprint density at radius 1 is 0.833 bits per heavy atom. The zero-order chi connectivity index (χ0) is 12.8. The summed E-state index contributed by atoms with van der Waals surface area (Å²) < 4.78 is 0. The maximum Gasteiger partial charge on any atom is 0.234 e. The Hall–Kier alpha value is -1.24. The first kappa shape index (κ1) is 13.2. The van der Waals surface area contributed by atoms with Crippen molar-refractivity contribution in [2.45, 2.75) is 38.5 Å². The summed E-state index contributed by atoms with van der Waals surface area (Å²) in [7, 11) is 0. The van der Waals surface area contributed by atoms with Crippen LogP contribution in [0.3, 0.4) is 0 Å². The van der Waals surface area contributed by atoms with Crippen molar-refractivity contribution in [2.75, 3.05) is 13.1 Å². The fourth-order valence-corrected chi connectivity index (χ4v) is 3.98. The van der Waals surface area contributed by atoms with Crippen LogP contribution in [0.1, 0.15) is 38.5 Å². The van der Waals surface area contributed by atoms with Gasteiger partial charge in [-0.1, -0.05) is 0 Å². The minimum absolute atomic E-state index is 0.634. The normalized spacial score (nSPS) is 32.9. The molecule has 98 valence electrons. The third kappa shape index (κ3) is 3.16. The molecule has 2 saturated carbocycles. The molecule has 2 rings (SSSR count). The molecule has 4 unspecified atom stereocenters. The molecular weight excluding hydrogens is 228 g/mol. The van der Waals surface area contributed by atoms with Crippen LogP contribution in [-0.2, 0) is 9.59 Å². The molecule has 0 aromatic rings. The topological polar surface area (TPSA) is 58.9 Å². The Bertz CT molecular complexity index is 370. The summed E-state index contributed by atoms with van der Waals surface area (Å²) >= 11 is 0. The van der Waals surface area contributed by atoms with Crippen molar-refractivity contribution in [1.29, 1.82) is 0 Å². The standard InChI is InChI=1S/C14H20N2O2/c17-9-15-4-1-2-11-6-14-8-13(11)7-12(14)3-5-16-10-18/h11-14H,1-8H2. The molecule has 2 bridgehead atoms.